The van der Waals surface area contributed by atoms with Gasteiger partial charge < -0.3 is 5.32 Å². The highest BCUT2D eigenvalue weighted by Crippen LogP contribution is 2.27. The van der Waals surface area contributed by atoms with Gasteiger partial charge in [-0.15, -0.1) is 0 Å². The highest BCUT2D eigenvalue weighted by atomic mass is 16.6. The summed E-state index contributed by atoms with van der Waals surface area (Å²) in [6.07, 6.45) is 3.43. The zero-order valence-corrected chi connectivity index (χ0v) is 11.6. The van der Waals surface area contributed by atoms with Crippen molar-refractivity contribution in [1.82, 2.24) is 4.90 Å². The number of carbonyl (C=O) groups is 1. The number of piperidine rings is 1. The van der Waals surface area contributed by atoms with Crippen molar-refractivity contribution in [2.24, 2.45) is 0 Å². The molecule has 1 aliphatic heterocycles. The Bertz CT molecular complexity index is 510. The summed E-state index contributed by atoms with van der Waals surface area (Å²) in [5.41, 5.74) is 0.947. The summed E-state index contributed by atoms with van der Waals surface area (Å²) in [5.74, 6) is -0.190. The third-order valence-corrected chi connectivity index (χ3v) is 3.53. The van der Waals surface area contributed by atoms with Crippen molar-refractivity contribution in [3.63, 3.8) is 0 Å². The smallest absolute Gasteiger partial charge is 0.293 e. The van der Waals surface area contributed by atoms with Gasteiger partial charge in [0.15, 0.2) is 0 Å². The predicted octanol–water partition coefficient (Wildman–Crippen LogP) is 2.33. The van der Waals surface area contributed by atoms with Crippen molar-refractivity contribution in [1.29, 1.82) is 0 Å². The third kappa shape index (κ3) is 3.54. The van der Waals surface area contributed by atoms with Crippen LogP contribution < -0.4 is 5.32 Å². The Morgan fingerprint density at radius 3 is 2.70 bits per heavy atom. The predicted molar refractivity (Wildman–Crippen MR) is 76.8 cm³/mol. The molecule has 1 heterocycles. The summed E-state index contributed by atoms with van der Waals surface area (Å²) in [7, 11) is 0. The Labute approximate surface area is 117 Å². The summed E-state index contributed by atoms with van der Waals surface area (Å²) in [4.78, 5) is 24.6. The quantitative estimate of drug-likeness (QED) is 0.677. The third-order valence-electron chi connectivity index (χ3n) is 3.53. The second-order valence-electron chi connectivity index (χ2n) is 5.11. The molecule has 1 aromatic carbocycles. The monoisotopic (exact) mass is 277 g/mol. The first kappa shape index (κ1) is 14.5. The molecule has 6 heteroatoms. The van der Waals surface area contributed by atoms with Crippen molar-refractivity contribution in [2.75, 3.05) is 25.0 Å². The average molecular weight is 277 g/mol. The van der Waals surface area contributed by atoms with Gasteiger partial charge in [0.2, 0.25) is 5.91 Å². The number of carbonyl (C=O) groups excluding carboxylic acids is 1. The first-order valence-electron chi connectivity index (χ1n) is 6.84. The van der Waals surface area contributed by atoms with E-state index < -0.39 is 4.92 Å². The number of rotatable bonds is 4. The fraction of sp³-hybridized carbons (Fsp3) is 0.500. The Balaban J connectivity index is 2.05. The van der Waals surface area contributed by atoms with Crippen molar-refractivity contribution in [3.8, 4) is 0 Å². The standard InChI is InChI=1S/C14H19N3O3/c1-11-6-5-7-12(17(19)20)14(11)15-13(18)10-16-8-3-2-4-9-16/h5-7H,2-4,8-10H2,1H3,(H,15,18). The number of nitro benzene ring substituents is 1. The lowest BCUT2D eigenvalue weighted by molar-refractivity contribution is -0.384. The number of nitro groups is 1. The molecule has 0 aromatic heterocycles. The lowest BCUT2D eigenvalue weighted by Gasteiger charge is -2.25. The Hall–Kier alpha value is -1.95. The Morgan fingerprint density at radius 2 is 2.05 bits per heavy atom. The van der Waals surface area contributed by atoms with Crippen molar-refractivity contribution < 1.29 is 9.72 Å². The van der Waals surface area contributed by atoms with Crippen LogP contribution in [-0.4, -0.2) is 35.4 Å². The lowest BCUT2D eigenvalue weighted by Crippen LogP contribution is -2.37. The zero-order valence-electron chi connectivity index (χ0n) is 11.6. The number of para-hydroxylation sites is 1. The summed E-state index contributed by atoms with van der Waals surface area (Å²) in [6.45, 7) is 3.89. The Morgan fingerprint density at radius 1 is 1.35 bits per heavy atom. The minimum Gasteiger partial charge on any atom is -0.319 e. The van der Waals surface area contributed by atoms with E-state index in [1.807, 2.05) is 0 Å². The highest BCUT2D eigenvalue weighted by molar-refractivity contribution is 5.95. The van der Waals surface area contributed by atoms with Crippen molar-refractivity contribution >= 4 is 17.3 Å². The molecule has 0 spiro atoms. The van der Waals surface area contributed by atoms with Crippen molar-refractivity contribution in [2.45, 2.75) is 26.2 Å². The van der Waals surface area contributed by atoms with E-state index in [2.05, 4.69) is 10.2 Å². The molecule has 6 nitrogen and oxygen atoms in total. The van der Waals surface area contributed by atoms with Crippen LogP contribution in [0.1, 0.15) is 24.8 Å². The molecule has 1 amide bonds. The molecule has 1 N–H and O–H groups in total. The molecule has 0 unspecified atom stereocenters. The van der Waals surface area contributed by atoms with Crippen LogP contribution in [0.4, 0.5) is 11.4 Å². The van der Waals surface area contributed by atoms with Gasteiger partial charge in [-0.1, -0.05) is 18.6 Å². The highest BCUT2D eigenvalue weighted by Gasteiger charge is 2.19. The molecular formula is C14H19N3O3. The van der Waals surface area contributed by atoms with E-state index in [0.29, 0.717) is 17.8 Å². The number of amides is 1. The molecule has 0 radical (unpaired) electrons. The maximum absolute atomic E-state index is 12.0. The molecule has 1 aromatic rings. The number of anilines is 1. The van der Waals surface area contributed by atoms with Gasteiger partial charge in [-0.25, -0.2) is 0 Å². The Kier molecular flexibility index (Phi) is 4.68. The van der Waals surface area contributed by atoms with Crippen LogP contribution in [-0.2, 0) is 4.79 Å². The molecule has 20 heavy (non-hydrogen) atoms. The minimum atomic E-state index is -0.469. The average Bonchev–Trinajstić information content (AvgIpc) is 2.42. The summed E-state index contributed by atoms with van der Waals surface area (Å²) in [6, 6.07) is 4.78. The van der Waals surface area contributed by atoms with Gasteiger partial charge in [0.25, 0.3) is 5.69 Å². The fourth-order valence-corrected chi connectivity index (χ4v) is 2.47. The summed E-state index contributed by atoms with van der Waals surface area (Å²) in [5, 5.41) is 13.7. The molecule has 1 aliphatic rings. The van der Waals surface area contributed by atoms with E-state index in [9.17, 15) is 14.9 Å². The zero-order chi connectivity index (χ0) is 14.5. The molecular weight excluding hydrogens is 258 g/mol. The van der Waals surface area contributed by atoms with Gasteiger partial charge in [0, 0.05) is 6.07 Å². The first-order chi connectivity index (χ1) is 9.58. The first-order valence-corrected chi connectivity index (χ1v) is 6.84. The van der Waals surface area contributed by atoms with Crippen LogP contribution in [0.5, 0.6) is 0 Å². The largest absolute Gasteiger partial charge is 0.319 e. The molecule has 108 valence electrons. The van der Waals surface area contributed by atoms with Crippen molar-refractivity contribution in [3.05, 3.63) is 33.9 Å². The van der Waals surface area contributed by atoms with E-state index in [0.717, 1.165) is 25.9 Å². The van der Waals surface area contributed by atoms with Gasteiger partial charge in [-0.3, -0.25) is 19.8 Å². The maximum Gasteiger partial charge on any atom is 0.293 e. The SMILES string of the molecule is Cc1cccc([N+](=O)[O-])c1NC(=O)CN1CCCCC1. The minimum absolute atomic E-state index is 0.0583. The van der Waals surface area contributed by atoms with Crippen LogP contribution in [0.3, 0.4) is 0 Å². The molecule has 0 bridgehead atoms. The topological polar surface area (TPSA) is 75.5 Å². The summed E-state index contributed by atoms with van der Waals surface area (Å²) >= 11 is 0. The van der Waals surface area contributed by atoms with Crippen LogP contribution >= 0.6 is 0 Å². The normalized spacial score (nSPS) is 15.8. The molecule has 1 saturated heterocycles. The molecule has 2 rings (SSSR count). The number of hydrogen-bond donors (Lipinski definition) is 1. The van der Waals surface area contributed by atoms with E-state index in [1.165, 1.54) is 12.5 Å². The van der Waals surface area contributed by atoms with Gasteiger partial charge in [-0.05, 0) is 38.4 Å². The van der Waals surface area contributed by atoms with E-state index >= 15 is 0 Å². The van der Waals surface area contributed by atoms with Gasteiger partial charge >= 0.3 is 0 Å². The van der Waals surface area contributed by atoms with Gasteiger partial charge in [0.1, 0.15) is 5.69 Å². The van der Waals surface area contributed by atoms with E-state index in [1.54, 1.807) is 19.1 Å². The number of benzene rings is 1. The van der Waals surface area contributed by atoms with Gasteiger partial charge in [-0.2, -0.15) is 0 Å². The van der Waals surface area contributed by atoms with Crippen LogP contribution in [0.25, 0.3) is 0 Å². The number of nitrogens with one attached hydrogen (secondary N) is 1. The number of nitrogens with zero attached hydrogens (tertiary/aromatic N) is 2. The maximum atomic E-state index is 12.0. The van der Waals surface area contributed by atoms with Crippen LogP contribution in [0.15, 0.2) is 18.2 Å². The second kappa shape index (κ2) is 6.47. The number of likely N-dealkylation sites (tertiary alicyclic amines) is 1. The molecule has 0 saturated carbocycles. The van der Waals surface area contributed by atoms with Crippen LogP contribution in [0.2, 0.25) is 0 Å². The fourth-order valence-electron chi connectivity index (χ4n) is 2.47. The van der Waals surface area contributed by atoms with Crippen LogP contribution in [0, 0.1) is 17.0 Å². The van der Waals surface area contributed by atoms with E-state index in [4.69, 9.17) is 0 Å². The molecule has 0 atom stereocenters. The lowest BCUT2D eigenvalue weighted by atomic mass is 10.1. The van der Waals surface area contributed by atoms with Gasteiger partial charge in [0.05, 0.1) is 11.5 Å². The van der Waals surface area contributed by atoms with E-state index in [-0.39, 0.29) is 11.6 Å². The molecule has 1 fully saturated rings. The summed E-state index contributed by atoms with van der Waals surface area (Å²) < 4.78 is 0. The molecule has 0 aliphatic carbocycles. The second-order valence-corrected chi connectivity index (χ2v) is 5.11. The number of aryl methyl sites for hydroxylation is 1. The number of hydrogen-bond acceptors (Lipinski definition) is 4.